The first-order valence-electron chi connectivity index (χ1n) is 7.27. The zero-order valence-corrected chi connectivity index (χ0v) is 15.5. The van der Waals surface area contributed by atoms with Crippen LogP contribution in [0.1, 0.15) is 25.1 Å². The van der Waals surface area contributed by atoms with Gasteiger partial charge in [-0.15, -0.1) is 11.3 Å². The summed E-state index contributed by atoms with van der Waals surface area (Å²) in [5.74, 6) is -0.521. The van der Waals surface area contributed by atoms with Gasteiger partial charge >= 0.3 is 5.97 Å². The second kappa shape index (κ2) is 5.86. The molecule has 0 spiro atoms. The second-order valence-electron chi connectivity index (χ2n) is 7.12. The quantitative estimate of drug-likeness (QED) is 0.624. The largest absolute Gasteiger partial charge is 0.455 e. The van der Waals surface area contributed by atoms with Gasteiger partial charge in [0.15, 0.2) is 0 Å². The number of rotatable bonds is 3. The van der Waals surface area contributed by atoms with E-state index >= 15 is 0 Å². The summed E-state index contributed by atoms with van der Waals surface area (Å²) in [5, 5.41) is 9.18. The minimum Gasteiger partial charge on any atom is -0.455 e. The van der Waals surface area contributed by atoms with Crippen molar-refractivity contribution in [1.29, 1.82) is 5.26 Å². The van der Waals surface area contributed by atoms with Crippen molar-refractivity contribution < 1.29 is 9.53 Å². The molecule has 0 aliphatic carbocycles. The zero-order chi connectivity index (χ0) is 16.5. The molecule has 1 aliphatic heterocycles. The standard InChI is InChI=1S/C17H21NO2SSi/c1-17(2)10-12(14(11-18)16(19)20-17)6-7-13-8-9-15(21-13)22(3,4)5/h6-9H,10H2,1-5H3/b7-6+. The van der Waals surface area contributed by atoms with E-state index in [-0.39, 0.29) is 5.57 Å². The number of thiophene rings is 1. The maximum atomic E-state index is 11.9. The normalized spacial score (nSPS) is 18.5. The van der Waals surface area contributed by atoms with Crippen LogP contribution in [-0.4, -0.2) is 19.6 Å². The second-order valence-corrected chi connectivity index (χ2v) is 13.6. The smallest absolute Gasteiger partial charge is 0.349 e. The Hall–Kier alpha value is -1.64. The van der Waals surface area contributed by atoms with E-state index in [1.165, 1.54) is 4.50 Å². The van der Waals surface area contributed by atoms with Crippen LogP contribution in [0.5, 0.6) is 0 Å². The minimum atomic E-state index is -1.29. The van der Waals surface area contributed by atoms with Crippen LogP contribution in [-0.2, 0) is 9.53 Å². The topological polar surface area (TPSA) is 50.1 Å². The average Bonchev–Trinajstić information content (AvgIpc) is 2.83. The first-order chi connectivity index (χ1) is 10.1. The lowest BCUT2D eigenvalue weighted by atomic mass is 9.91. The molecule has 2 heterocycles. The van der Waals surface area contributed by atoms with Gasteiger partial charge in [-0.05, 0) is 36.1 Å². The summed E-state index contributed by atoms with van der Waals surface area (Å²) in [5.41, 5.74) is 0.319. The summed E-state index contributed by atoms with van der Waals surface area (Å²) >= 11 is 1.79. The molecule has 3 nitrogen and oxygen atoms in total. The van der Waals surface area contributed by atoms with Gasteiger partial charge in [-0.25, -0.2) is 4.79 Å². The van der Waals surface area contributed by atoms with Crippen LogP contribution >= 0.6 is 11.3 Å². The molecule has 1 aliphatic rings. The molecular weight excluding hydrogens is 310 g/mol. The number of carbonyl (C=O) groups excluding carboxylic acids is 1. The lowest BCUT2D eigenvalue weighted by Gasteiger charge is -2.30. The zero-order valence-electron chi connectivity index (χ0n) is 13.7. The Labute approximate surface area is 136 Å². The van der Waals surface area contributed by atoms with E-state index in [4.69, 9.17) is 4.74 Å². The number of nitrogens with zero attached hydrogens (tertiary/aromatic N) is 1. The van der Waals surface area contributed by atoms with E-state index in [2.05, 4.69) is 31.8 Å². The molecule has 0 aromatic carbocycles. The van der Waals surface area contributed by atoms with Crippen molar-refractivity contribution in [1.82, 2.24) is 0 Å². The first kappa shape index (κ1) is 16.7. The van der Waals surface area contributed by atoms with Crippen molar-refractivity contribution >= 4 is 36.0 Å². The monoisotopic (exact) mass is 331 g/mol. The number of allylic oxidation sites excluding steroid dienone is 1. The Morgan fingerprint density at radius 3 is 2.55 bits per heavy atom. The Morgan fingerprint density at radius 1 is 1.32 bits per heavy atom. The molecule has 116 valence electrons. The molecule has 0 saturated heterocycles. The highest BCUT2D eigenvalue weighted by molar-refractivity contribution is 7.27. The van der Waals surface area contributed by atoms with E-state index in [1.54, 1.807) is 11.3 Å². The van der Waals surface area contributed by atoms with Crippen molar-refractivity contribution in [2.45, 2.75) is 45.5 Å². The molecule has 0 bridgehead atoms. The van der Waals surface area contributed by atoms with Gasteiger partial charge < -0.3 is 4.74 Å². The van der Waals surface area contributed by atoms with Crippen LogP contribution in [0.15, 0.2) is 29.4 Å². The maximum absolute atomic E-state index is 11.9. The fourth-order valence-electron chi connectivity index (χ4n) is 2.30. The number of hydrogen-bond acceptors (Lipinski definition) is 4. The van der Waals surface area contributed by atoms with Crippen LogP contribution in [0, 0.1) is 11.3 Å². The third-order valence-corrected chi connectivity index (χ3v) is 8.09. The third-order valence-electron chi connectivity index (χ3n) is 3.44. The highest BCUT2D eigenvalue weighted by Crippen LogP contribution is 2.30. The van der Waals surface area contributed by atoms with Crippen LogP contribution in [0.2, 0.25) is 19.6 Å². The van der Waals surface area contributed by atoms with Gasteiger partial charge in [0, 0.05) is 11.3 Å². The lowest BCUT2D eigenvalue weighted by molar-refractivity contribution is -0.152. The molecule has 0 saturated carbocycles. The molecule has 2 rings (SSSR count). The number of esters is 1. The number of ether oxygens (including phenoxy) is 1. The van der Waals surface area contributed by atoms with Gasteiger partial charge in [-0.2, -0.15) is 5.26 Å². The Balaban J connectivity index is 2.30. The van der Waals surface area contributed by atoms with Gasteiger partial charge in [-0.1, -0.05) is 31.8 Å². The summed E-state index contributed by atoms with van der Waals surface area (Å²) in [6.07, 6.45) is 4.45. The lowest BCUT2D eigenvalue weighted by Crippen LogP contribution is -2.34. The van der Waals surface area contributed by atoms with E-state index in [0.29, 0.717) is 6.42 Å². The Kier molecular flexibility index (Phi) is 4.46. The molecule has 0 fully saturated rings. The van der Waals surface area contributed by atoms with Crippen LogP contribution in [0.4, 0.5) is 0 Å². The van der Waals surface area contributed by atoms with Crippen molar-refractivity contribution in [3.05, 3.63) is 34.2 Å². The predicted octanol–water partition coefficient (Wildman–Crippen LogP) is 3.85. The molecule has 0 N–H and O–H groups in total. The molecule has 1 aromatic rings. The molecule has 0 atom stereocenters. The SMILES string of the molecule is CC1(C)CC(/C=C/c2ccc([Si](C)(C)C)s2)=C(C#N)C(=O)O1. The molecule has 5 heteroatoms. The van der Waals surface area contributed by atoms with Gasteiger partial charge in [0.05, 0.1) is 8.07 Å². The van der Waals surface area contributed by atoms with Crippen LogP contribution < -0.4 is 4.50 Å². The molecule has 22 heavy (non-hydrogen) atoms. The minimum absolute atomic E-state index is 0.123. The fourth-order valence-corrected chi connectivity index (χ4v) is 5.13. The molecular formula is C17H21NO2SSi. The van der Waals surface area contributed by atoms with E-state index in [1.807, 2.05) is 32.1 Å². The fraction of sp³-hybridized carbons (Fsp3) is 0.412. The van der Waals surface area contributed by atoms with Crippen molar-refractivity contribution in [3.8, 4) is 6.07 Å². The van der Waals surface area contributed by atoms with Gasteiger partial charge in [0.25, 0.3) is 0 Å². The van der Waals surface area contributed by atoms with Crippen molar-refractivity contribution in [2.75, 3.05) is 0 Å². The van der Waals surface area contributed by atoms with Gasteiger partial charge in [0.1, 0.15) is 17.2 Å². The summed E-state index contributed by atoms with van der Waals surface area (Å²) in [6.45, 7) is 10.7. The number of nitriles is 1. The predicted molar refractivity (Wildman–Crippen MR) is 93.8 cm³/mol. The molecule has 1 aromatic heterocycles. The first-order valence-corrected chi connectivity index (χ1v) is 11.6. The highest BCUT2D eigenvalue weighted by atomic mass is 32.1. The van der Waals surface area contributed by atoms with E-state index in [0.717, 1.165) is 10.5 Å². The van der Waals surface area contributed by atoms with Gasteiger partial charge in [0.2, 0.25) is 0 Å². The summed E-state index contributed by atoms with van der Waals surface area (Å²) < 4.78 is 6.71. The molecule has 0 amide bonds. The van der Waals surface area contributed by atoms with E-state index in [9.17, 15) is 10.1 Å². The third kappa shape index (κ3) is 3.76. The van der Waals surface area contributed by atoms with Crippen molar-refractivity contribution in [3.63, 3.8) is 0 Å². The van der Waals surface area contributed by atoms with E-state index < -0.39 is 19.6 Å². The van der Waals surface area contributed by atoms with Crippen LogP contribution in [0.3, 0.4) is 0 Å². The van der Waals surface area contributed by atoms with Crippen molar-refractivity contribution in [2.24, 2.45) is 0 Å². The maximum Gasteiger partial charge on any atom is 0.349 e. The highest BCUT2D eigenvalue weighted by Gasteiger charge is 2.33. The van der Waals surface area contributed by atoms with Crippen LogP contribution in [0.25, 0.3) is 6.08 Å². The van der Waals surface area contributed by atoms with Gasteiger partial charge in [-0.3, -0.25) is 0 Å². The summed E-state index contributed by atoms with van der Waals surface area (Å²) in [4.78, 5) is 13.0. The molecule has 0 radical (unpaired) electrons. The number of carbonyl (C=O) groups is 1. The Bertz CT molecular complexity index is 699. The number of cyclic esters (lactones) is 1. The Morgan fingerprint density at radius 2 is 2.00 bits per heavy atom. The summed E-state index contributed by atoms with van der Waals surface area (Å²) in [6, 6.07) is 6.27. The molecule has 0 unspecified atom stereocenters. The summed E-state index contributed by atoms with van der Waals surface area (Å²) in [7, 11) is -1.29. The number of hydrogen-bond donors (Lipinski definition) is 0. The average molecular weight is 332 g/mol.